The molecule has 0 aliphatic carbocycles. The fraction of sp³-hybridized carbons (Fsp3) is 0. The van der Waals surface area contributed by atoms with E-state index in [1.165, 1.54) is 16.7 Å². The summed E-state index contributed by atoms with van der Waals surface area (Å²) >= 11 is 0. The second-order valence-corrected chi connectivity index (χ2v) is 25.8. The number of nitrogens with zero attached hydrogens (tertiary/aromatic N) is 11. The molecule has 0 aliphatic rings. The zero-order valence-corrected chi connectivity index (χ0v) is 76.3. The summed E-state index contributed by atoms with van der Waals surface area (Å²) in [6, 6.07) is 156. The van der Waals surface area contributed by atoms with Gasteiger partial charge in [-0.1, -0.05) is 169 Å². The van der Waals surface area contributed by atoms with E-state index in [-0.39, 0.29) is 80.4 Å². The van der Waals surface area contributed by atoms with E-state index < -0.39 is 0 Å². The van der Waals surface area contributed by atoms with Gasteiger partial charge in [-0.2, -0.15) is 0 Å². The van der Waals surface area contributed by atoms with Crippen molar-refractivity contribution in [3.05, 3.63) is 517 Å². The molecule has 0 spiro atoms. The van der Waals surface area contributed by atoms with Crippen LogP contribution in [0.1, 0.15) is 0 Å². The molecule has 0 saturated heterocycles. The van der Waals surface area contributed by atoms with E-state index in [1.54, 1.807) is 61.8 Å². The minimum absolute atomic E-state index is 0. The molecule has 20 rings (SSSR count). The van der Waals surface area contributed by atoms with Crippen LogP contribution in [0.25, 0.3) is 135 Å². The Morgan fingerprint density at radius 3 is 0.734 bits per heavy atom. The van der Waals surface area contributed by atoms with Crippen LogP contribution in [0, 0.1) is 48.5 Å². The Labute approximate surface area is 780 Å². The van der Waals surface area contributed by atoms with Gasteiger partial charge in [-0.15, -0.1) is 275 Å². The van der Waals surface area contributed by atoms with E-state index >= 15 is 0 Å². The molecule has 10 heterocycles. The molecule has 0 saturated carbocycles. The molecule has 10 aromatic heterocycles. The smallest absolute Gasteiger partial charge is 0.140 e. The van der Waals surface area contributed by atoms with Gasteiger partial charge in [0.25, 0.3) is 0 Å². The molecule has 15 heteroatoms. The minimum atomic E-state index is 0. The second kappa shape index (κ2) is 53.8. The Bertz CT molecular complexity index is 5240. The minimum Gasteiger partial charge on any atom is -0.305 e. The summed E-state index contributed by atoms with van der Waals surface area (Å²) in [6.45, 7) is 0. The van der Waals surface area contributed by atoms with Crippen molar-refractivity contribution >= 4 is 0 Å². The summed E-state index contributed by atoms with van der Waals surface area (Å²) in [5, 5.41) is 0. The summed E-state index contributed by atoms with van der Waals surface area (Å²) in [4.78, 5) is 47.2. The van der Waals surface area contributed by atoms with Crippen LogP contribution in [0.5, 0.6) is 0 Å². The van der Waals surface area contributed by atoms with Gasteiger partial charge in [0.1, 0.15) is 5.82 Å². The average Bonchev–Trinajstić information content (AvgIpc) is 0.844. The Morgan fingerprint density at radius 2 is 0.411 bits per heavy atom. The Kier molecular flexibility index (Phi) is 40.8. The Hall–Kier alpha value is -13.8. The van der Waals surface area contributed by atoms with E-state index in [9.17, 15) is 0 Å². The summed E-state index contributed by atoms with van der Waals surface area (Å²) in [5.41, 5.74) is 23.5. The average molecular weight is 2310 g/mol. The maximum atomic E-state index is 4.49. The van der Waals surface area contributed by atoms with Crippen LogP contribution in [0.15, 0.2) is 469 Å². The molecule has 0 unspecified atom stereocenters. The molecule has 0 fully saturated rings. The van der Waals surface area contributed by atoms with E-state index in [0.29, 0.717) is 5.82 Å². The number of rotatable bonds is 12. The first kappa shape index (κ1) is 94.1. The topological polar surface area (TPSA) is 142 Å². The molecular formula is C109H77Ir4N11-8. The van der Waals surface area contributed by atoms with Gasteiger partial charge in [0.2, 0.25) is 0 Å². The van der Waals surface area contributed by atoms with Gasteiger partial charge in [-0.25, -0.2) is 9.97 Å². The van der Waals surface area contributed by atoms with Crippen LogP contribution in [0.3, 0.4) is 0 Å². The van der Waals surface area contributed by atoms with Crippen molar-refractivity contribution in [2.45, 2.75) is 0 Å². The first-order valence-corrected chi connectivity index (χ1v) is 38.6. The van der Waals surface area contributed by atoms with E-state index in [1.807, 2.05) is 364 Å². The van der Waals surface area contributed by atoms with Crippen molar-refractivity contribution in [3.8, 4) is 135 Å². The fourth-order valence-corrected chi connectivity index (χ4v) is 11.7. The van der Waals surface area contributed by atoms with Crippen molar-refractivity contribution < 1.29 is 80.4 Å². The van der Waals surface area contributed by atoms with E-state index in [2.05, 4.69) is 146 Å². The maximum absolute atomic E-state index is 4.49. The SMILES string of the molecule is [Ir].[Ir].[Ir].[Ir].[c-]1ccc(-c2ccccn2)cc1-c1ccccn1.[c-]1ccc(-c2ncccn2)cc1-c1ccccn1.[c-]1ccccc1-c1cc(-c2ccccc2)ccn1.[c-]1ccccc1-c1ccc(-c2ccccc2)cn1.[c-]1ccccc1-c1ccccn1.[c-]1ccccc1-c1ccccn1.[c-]1ccccc1-c1ccccn1.[c-]1ccccc1-c1ccccn1. The molecule has 0 amide bonds. The molecule has 11 nitrogen and oxygen atoms in total. The van der Waals surface area contributed by atoms with Crippen LogP contribution in [0.4, 0.5) is 0 Å². The molecule has 0 atom stereocenters. The maximum Gasteiger partial charge on any atom is 0.140 e. The molecule has 20 aromatic rings. The third-order valence-electron chi connectivity index (χ3n) is 17.6. The van der Waals surface area contributed by atoms with Crippen LogP contribution < -0.4 is 0 Å². The number of aromatic nitrogens is 11. The number of hydrogen-bond donors (Lipinski definition) is 0. The van der Waals surface area contributed by atoms with Crippen molar-refractivity contribution in [1.29, 1.82) is 0 Å². The third kappa shape index (κ3) is 30.4. The Balaban J connectivity index is 0.000000161. The standard InChI is InChI=1S/2C17H12N.C16H11N2.C15H10N3.4C11H8N.4Ir/c1-3-7-14(8-4-1)16-11-12-18-17(13-16)15-9-5-2-6-10-15;1-3-7-14(8-4-1)16-11-12-17(18-13-16)15-9-5-2-6-10-15;1-3-10-17-15(8-1)13-6-5-7-14(12-13)16-9-2-4-11-18-16;1-2-8-16-14(7-1)12-5-3-6-13(11-12)15-17-9-4-10-18-15;4*1-2-6-10(7-3-1)11-8-4-5-9-12-11;;;;/h2*1-9,11-13H;1-6,8-12H;1-4,6-11H;4*1-6,8-9H;;;;/q8*-1;;;;. The molecule has 0 bridgehead atoms. The Morgan fingerprint density at radius 1 is 0.137 bits per heavy atom. The monoisotopic (exact) mass is 2310 g/mol. The predicted octanol–water partition coefficient (Wildman–Crippen LogP) is 25.2. The van der Waals surface area contributed by atoms with Crippen LogP contribution in [0.2, 0.25) is 0 Å². The second-order valence-electron chi connectivity index (χ2n) is 25.8. The van der Waals surface area contributed by atoms with Gasteiger partial charge in [0.05, 0.1) is 5.69 Å². The molecule has 10 aromatic carbocycles. The molecule has 4 radical (unpaired) electrons. The van der Waals surface area contributed by atoms with Crippen molar-refractivity contribution in [2.75, 3.05) is 0 Å². The summed E-state index contributed by atoms with van der Waals surface area (Å²) in [7, 11) is 0. The first-order valence-electron chi connectivity index (χ1n) is 38.6. The zero-order chi connectivity index (χ0) is 81.7. The molecule has 0 N–H and O–H groups in total. The van der Waals surface area contributed by atoms with Crippen molar-refractivity contribution in [2.24, 2.45) is 0 Å². The van der Waals surface area contributed by atoms with Gasteiger partial charge < -0.3 is 39.9 Å². The van der Waals surface area contributed by atoms with Crippen molar-refractivity contribution in [1.82, 2.24) is 54.8 Å². The largest absolute Gasteiger partial charge is 0.305 e. The summed E-state index contributed by atoms with van der Waals surface area (Å²) < 4.78 is 0. The van der Waals surface area contributed by atoms with Crippen LogP contribution in [-0.4, -0.2) is 54.8 Å². The normalized spacial score (nSPS) is 9.68. The molecule has 124 heavy (non-hydrogen) atoms. The predicted molar refractivity (Wildman–Crippen MR) is 483 cm³/mol. The first-order chi connectivity index (χ1) is 59.6. The van der Waals surface area contributed by atoms with Gasteiger partial charge in [-0.05, 0) is 128 Å². The van der Waals surface area contributed by atoms with E-state index in [4.69, 9.17) is 0 Å². The van der Waals surface area contributed by atoms with Gasteiger partial charge >= 0.3 is 0 Å². The summed E-state index contributed by atoms with van der Waals surface area (Å²) in [6.07, 6.45) is 19.7. The molecule has 612 valence electrons. The van der Waals surface area contributed by atoms with Crippen LogP contribution in [-0.2, 0) is 80.4 Å². The number of benzene rings is 10. The zero-order valence-electron chi connectivity index (χ0n) is 66.7. The number of pyridine rings is 9. The summed E-state index contributed by atoms with van der Waals surface area (Å²) in [5.74, 6) is 0.712. The fourth-order valence-electron chi connectivity index (χ4n) is 11.7. The van der Waals surface area contributed by atoms with Crippen LogP contribution >= 0.6 is 0 Å². The number of hydrogen-bond acceptors (Lipinski definition) is 11. The van der Waals surface area contributed by atoms with Gasteiger partial charge in [-0.3, -0.25) is 4.98 Å². The van der Waals surface area contributed by atoms with Gasteiger partial charge in [0.15, 0.2) is 0 Å². The molecule has 0 aliphatic heterocycles. The van der Waals surface area contributed by atoms with E-state index in [0.717, 1.165) is 112 Å². The quantitative estimate of drug-likeness (QED) is 0.108. The third-order valence-corrected chi connectivity index (χ3v) is 17.6. The van der Waals surface area contributed by atoms with Crippen molar-refractivity contribution in [3.63, 3.8) is 0 Å². The van der Waals surface area contributed by atoms with Gasteiger partial charge in [0, 0.05) is 149 Å². The molecular weight excluding hydrogens is 2230 g/mol.